The van der Waals surface area contributed by atoms with Crippen LogP contribution >= 0.6 is 0 Å². The van der Waals surface area contributed by atoms with Gasteiger partial charge in [0.05, 0.1) is 0 Å². The molecule has 0 heterocycles. The normalized spacial score (nSPS) is 13.3. The maximum Gasteiger partial charge on any atom is 0.243 e. The highest BCUT2D eigenvalue weighted by Crippen LogP contribution is 2.00. The number of rotatable bonds is 11. The molecule has 142 valence electrons. The van der Waals surface area contributed by atoms with Gasteiger partial charge in [-0.05, 0) is 45.3 Å². The van der Waals surface area contributed by atoms with E-state index in [0.717, 1.165) is 45.0 Å². The van der Waals surface area contributed by atoms with Crippen LogP contribution in [0.3, 0.4) is 0 Å². The Kier molecular flexibility index (Phi) is 12.3. The number of carbonyl (C=O) groups is 1. The highest BCUT2D eigenvalue weighted by Gasteiger charge is 2.09. The smallest absolute Gasteiger partial charge is 0.243 e. The SMILES string of the molecule is CCN(CC)CCCC(C)NC(=NCC(=O)N(C)C)NCC(C)C. The van der Waals surface area contributed by atoms with Crippen LogP contribution in [0.15, 0.2) is 4.99 Å². The lowest BCUT2D eigenvalue weighted by Gasteiger charge is -2.22. The van der Waals surface area contributed by atoms with Crippen LogP contribution in [0.5, 0.6) is 0 Å². The molecule has 0 aromatic carbocycles. The number of nitrogens with one attached hydrogen (secondary N) is 2. The van der Waals surface area contributed by atoms with Gasteiger partial charge in [-0.15, -0.1) is 0 Å². The molecular formula is C18H39N5O. The average Bonchev–Trinajstić information content (AvgIpc) is 2.53. The molecule has 2 N–H and O–H groups in total. The Bertz CT molecular complexity index is 364. The summed E-state index contributed by atoms with van der Waals surface area (Å²) in [7, 11) is 3.50. The molecule has 1 atom stereocenters. The summed E-state index contributed by atoms with van der Waals surface area (Å²) in [6.45, 7) is 15.2. The van der Waals surface area contributed by atoms with E-state index in [0.29, 0.717) is 12.0 Å². The first-order valence-electron chi connectivity index (χ1n) is 9.27. The molecule has 0 aliphatic rings. The quantitative estimate of drug-likeness (QED) is 0.444. The predicted molar refractivity (Wildman–Crippen MR) is 103 cm³/mol. The Morgan fingerprint density at radius 1 is 1.12 bits per heavy atom. The number of hydrogen-bond donors (Lipinski definition) is 2. The van der Waals surface area contributed by atoms with Gasteiger partial charge in [-0.2, -0.15) is 0 Å². The minimum atomic E-state index is 0.00910. The Balaban J connectivity index is 4.45. The summed E-state index contributed by atoms with van der Waals surface area (Å²) in [5.41, 5.74) is 0. The van der Waals surface area contributed by atoms with E-state index in [1.807, 2.05) is 0 Å². The highest BCUT2D eigenvalue weighted by molar-refractivity contribution is 5.84. The van der Waals surface area contributed by atoms with Gasteiger partial charge in [0.15, 0.2) is 5.96 Å². The van der Waals surface area contributed by atoms with Gasteiger partial charge in [0.2, 0.25) is 5.91 Å². The molecule has 0 aliphatic carbocycles. The van der Waals surface area contributed by atoms with Crippen LogP contribution in [0, 0.1) is 5.92 Å². The third kappa shape index (κ3) is 11.3. The Morgan fingerprint density at radius 2 is 1.75 bits per heavy atom. The molecule has 0 radical (unpaired) electrons. The molecule has 6 heteroatoms. The lowest BCUT2D eigenvalue weighted by atomic mass is 10.2. The molecule has 1 amide bonds. The van der Waals surface area contributed by atoms with E-state index in [2.05, 4.69) is 55.1 Å². The van der Waals surface area contributed by atoms with E-state index >= 15 is 0 Å². The van der Waals surface area contributed by atoms with E-state index in [1.165, 1.54) is 0 Å². The molecule has 0 aromatic heterocycles. The third-order valence-electron chi connectivity index (χ3n) is 3.94. The molecule has 0 bridgehead atoms. The first kappa shape index (κ1) is 22.7. The van der Waals surface area contributed by atoms with Crippen molar-refractivity contribution in [2.45, 2.75) is 53.5 Å². The van der Waals surface area contributed by atoms with Gasteiger partial charge in [0.1, 0.15) is 6.54 Å². The van der Waals surface area contributed by atoms with E-state index < -0.39 is 0 Å². The van der Waals surface area contributed by atoms with E-state index in [4.69, 9.17) is 0 Å². The Morgan fingerprint density at radius 3 is 2.25 bits per heavy atom. The van der Waals surface area contributed by atoms with Crippen molar-refractivity contribution in [3.63, 3.8) is 0 Å². The summed E-state index contributed by atoms with van der Waals surface area (Å²) in [6.07, 6.45) is 2.24. The van der Waals surface area contributed by atoms with Gasteiger partial charge in [0.25, 0.3) is 0 Å². The molecule has 6 nitrogen and oxygen atoms in total. The number of hydrogen-bond acceptors (Lipinski definition) is 3. The molecular weight excluding hydrogens is 302 g/mol. The molecule has 0 saturated heterocycles. The van der Waals surface area contributed by atoms with Crippen LogP contribution < -0.4 is 10.6 Å². The van der Waals surface area contributed by atoms with Crippen molar-refractivity contribution in [1.82, 2.24) is 20.4 Å². The van der Waals surface area contributed by atoms with E-state index in [9.17, 15) is 4.79 Å². The lowest BCUT2D eigenvalue weighted by molar-refractivity contribution is -0.127. The largest absolute Gasteiger partial charge is 0.356 e. The monoisotopic (exact) mass is 341 g/mol. The van der Waals surface area contributed by atoms with Crippen LogP contribution in [0.4, 0.5) is 0 Å². The van der Waals surface area contributed by atoms with Crippen molar-refractivity contribution in [2.24, 2.45) is 10.9 Å². The number of amides is 1. The topological polar surface area (TPSA) is 60.0 Å². The zero-order valence-corrected chi connectivity index (χ0v) is 16.9. The summed E-state index contributed by atoms with van der Waals surface area (Å²) < 4.78 is 0. The van der Waals surface area contributed by atoms with E-state index in [-0.39, 0.29) is 12.5 Å². The summed E-state index contributed by atoms with van der Waals surface area (Å²) >= 11 is 0. The van der Waals surface area contributed by atoms with Crippen molar-refractivity contribution in [1.29, 1.82) is 0 Å². The first-order valence-corrected chi connectivity index (χ1v) is 9.27. The molecule has 0 aromatic rings. The standard InChI is InChI=1S/C18H39N5O/c1-8-23(9-2)12-10-11-16(5)21-18(19-13-15(3)4)20-14-17(24)22(6)7/h15-16H,8-14H2,1-7H3,(H2,19,20,21). The fourth-order valence-corrected chi connectivity index (χ4v) is 2.21. The zero-order chi connectivity index (χ0) is 18.5. The van der Waals surface area contributed by atoms with Crippen LogP contribution in [0.2, 0.25) is 0 Å². The number of likely N-dealkylation sites (N-methyl/N-ethyl adjacent to an activating group) is 1. The number of aliphatic imine (C=N–C) groups is 1. The highest BCUT2D eigenvalue weighted by atomic mass is 16.2. The molecule has 0 aliphatic heterocycles. The molecule has 24 heavy (non-hydrogen) atoms. The van der Waals surface area contributed by atoms with Gasteiger partial charge >= 0.3 is 0 Å². The van der Waals surface area contributed by atoms with Crippen molar-refractivity contribution in [3.8, 4) is 0 Å². The van der Waals surface area contributed by atoms with Crippen LogP contribution in [0.1, 0.15) is 47.5 Å². The second kappa shape index (κ2) is 13.0. The zero-order valence-electron chi connectivity index (χ0n) is 16.9. The van der Waals surface area contributed by atoms with E-state index in [1.54, 1.807) is 19.0 Å². The second-order valence-electron chi connectivity index (χ2n) is 6.94. The van der Waals surface area contributed by atoms with Gasteiger partial charge < -0.3 is 20.4 Å². The van der Waals surface area contributed by atoms with Crippen LogP contribution in [0.25, 0.3) is 0 Å². The van der Waals surface area contributed by atoms with Crippen molar-refractivity contribution < 1.29 is 4.79 Å². The minimum Gasteiger partial charge on any atom is -0.356 e. The molecule has 1 unspecified atom stereocenters. The fourth-order valence-electron chi connectivity index (χ4n) is 2.21. The van der Waals surface area contributed by atoms with Crippen LogP contribution in [-0.2, 0) is 4.79 Å². The summed E-state index contributed by atoms with van der Waals surface area (Å²) in [6, 6.07) is 0.327. The van der Waals surface area contributed by atoms with Crippen molar-refractivity contribution in [3.05, 3.63) is 0 Å². The van der Waals surface area contributed by atoms with Gasteiger partial charge in [0, 0.05) is 26.7 Å². The Labute approximate surface area is 149 Å². The number of guanidine groups is 1. The van der Waals surface area contributed by atoms with Gasteiger partial charge in [-0.3, -0.25) is 4.79 Å². The minimum absolute atomic E-state index is 0.00910. The summed E-state index contributed by atoms with van der Waals surface area (Å²) in [4.78, 5) is 20.2. The van der Waals surface area contributed by atoms with Gasteiger partial charge in [-0.25, -0.2) is 4.99 Å². The Hall–Kier alpha value is -1.30. The lowest BCUT2D eigenvalue weighted by Crippen LogP contribution is -2.44. The average molecular weight is 342 g/mol. The predicted octanol–water partition coefficient (Wildman–Crippen LogP) is 1.78. The second-order valence-corrected chi connectivity index (χ2v) is 6.94. The molecule has 0 fully saturated rings. The third-order valence-corrected chi connectivity index (χ3v) is 3.94. The fraction of sp³-hybridized carbons (Fsp3) is 0.889. The van der Waals surface area contributed by atoms with Crippen molar-refractivity contribution >= 4 is 11.9 Å². The first-order chi connectivity index (χ1) is 11.3. The van der Waals surface area contributed by atoms with Crippen molar-refractivity contribution in [2.75, 3.05) is 46.8 Å². The molecule has 0 saturated carbocycles. The summed E-state index contributed by atoms with van der Waals surface area (Å²) in [5.74, 6) is 1.27. The summed E-state index contributed by atoms with van der Waals surface area (Å²) in [5, 5.41) is 6.75. The van der Waals surface area contributed by atoms with Gasteiger partial charge in [-0.1, -0.05) is 27.7 Å². The molecule has 0 spiro atoms. The number of carbonyl (C=O) groups excluding carboxylic acids is 1. The maximum absolute atomic E-state index is 11.7. The molecule has 0 rings (SSSR count). The maximum atomic E-state index is 11.7. The van der Waals surface area contributed by atoms with Crippen LogP contribution in [-0.4, -0.2) is 74.5 Å². The number of nitrogens with zero attached hydrogens (tertiary/aromatic N) is 3.